The van der Waals surface area contributed by atoms with Crippen LogP contribution in [0.25, 0.3) is 0 Å². The zero-order valence-electron chi connectivity index (χ0n) is 12.3. The first-order chi connectivity index (χ1) is 9.72. The van der Waals surface area contributed by atoms with Gasteiger partial charge in [0.05, 0.1) is 0 Å². The largest absolute Gasteiger partial charge is 0.335 e. The molecule has 1 aromatic rings. The molecule has 1 atom stereocenters. The van der Waals surface area contributed by atoms with E-state index in [1.165, 1.54) is 11.1 Å². The number of carbonyl (C=O) groups excluding carboxylic acids is 1. The standard InChI is InChI=1S/C17H24N2O/c1-13-8-10-19(11-9-13)17(20)18-16-7-6-14-4-2-3-5-15(14)12-16/h2-5,13,16H,6-12H2,1H3,(H,18,20). The SMILES string of the molecule is CC1CCN(C(=O)NC2CCc3ccccc3C2)CC1. The summed E-state index contributed by atoms with van der Waals surface area (Å²) in [6.07, 6.45) is 5.40. The number of fused-ring (bicyclic) bond motifs is 1. The van der Waals surface area contributed by atoms with Gasteiger partial charge in [-0.2, -0.15) is 0 Å². The highest BCUT2D eigenvalue weighted by Gasteiger charge is 2.24. The fourth-order valence-corrected chi connectivity index (χ4v) is 3.30. The number of carbonyl (C=O) groups is 1. The predicted octanol–water partition coefficient (Wildman–Crippen LogP) is 2.99. The van der Waals surface area contributed by atoms with Gasteiger partial charge in [0.15, 0.2) is 0 Å². The van der Waals surface area contributed by atoms with Crippen molar-refractivity contribution in [2.75, 3.05) is 13.1 Å². The normalized spacial score (nSPS) is 23.2. The average Bonchev–Trinajstić information content (AvgIpc) is 2.48. The molecule has 0 bridgehead atoms. The molecule has 3 nitrogen and oxygen atoms in total. The van der Waals surface area contributed by atoms with Crippen LogP contribution in [0.15, 0.2) is 24.3 Å². The molecular formula is C17H24N2O. The van der Waals surface area contributed by atoms with E-state index in [1.54, 1.807) is 0 Å². The number of amides is 2. The van der Waals surface area contributed by atoms with Crippen molar-refractivity contribution >= 4 is 6.03 Å². The van der Waals surface area contributed by atoms with E-state index in [2.05, 4.69) is 36.5 Å². The Morgan fingerprint density at radius 2 is 1.85 bits per heavy atom. The molecule has 0 spiro atoms. The Bertz CT molecular complexity index is 478. The lowest BCUT2D eigenvalue weighted by Crippen LogP contribution is -2.49. The molecule has 0 saturated carbocycles. The lowest BCUT2D eigenvalue weighted by Gasteiger charge is -2.33. The summed E-state index contributed by atoms with van der Waals surface area (Å²) in [7, 11) is 0. The third kappa shape index (κ3) is 2.97. The highest BCUT2D eigenvalue weighted by molar-refractivity contribution is 5.74. The van der Waals surface area contributed by atoms with Crippen molar-refractivity contribution in [2.45, 2.75) is 45.1 Å². The van der Waals surface area contributed by atoms with Gasteiger partial charge in [-0.3, -0.25) is 0 Å². The molecule has 2 aliphatic rings. The van der Waals surface area contributed by atoms with E-state index in [0.29, 0.717) is 6.04 Å². The molecule has 1 unspecified atom stereocenters. The Labute approximate surface area is 121 Å². The Morgan fingerprint density at radius 1 is 1.15 bits per heavy atom. The first-order valence-corrected chi connectivity index (χ1v) is 7.84. The number of piperidine rings is 1. The number of nitrogens with one attached hydrogen (secondary N) is 1. The number of rotatable bonds is 1. The van der Waals surface area contributed by atoms with Gasteiger partial charge in [-0.15, -0.1) is 0 Å². The van der Waals surface area contributed by atoms with Crippen molar-refractivity contribution < 1.29 is 4.79 Å². The van der Waals surface area contributed by atoms with Gasteiger partial charge in [0.25, 0.3) is 0 Å². The summed E-state index contributed by atoms with van der Waals surface area (Å²) < 4.78 is 0. The van der Waals surface area contributed by atoms with Gasteiger partial charge in [0.2, 0.25) is 0 Å². The highest BCUT2D eigenvalue weighted by atomic mass is 16.2. The van der Waals surface area contributed by atoms with Gasteiger partial charge < -0.3 is 10.2 Å². The first-order valence-electron chi connectivity index (χ1n) is 7.84. The minimum atomic E-state index is 0.140. The van der Waals surface area contributed by atoms with E-state index < -0.39 is 0 Å². The Hall–Kier alpha value is -1.51. The van der Waals surface area contributed by atoms with Gasteiger partial charge in [-0.05, 0) is 49.1 Å². The third-order valence-corrected chi connectivity index (χ3v) is 4.75. The molecule has 108 valence electrons. The number of hydrogen-bond donors (Lipinski definition) is 1. The second-order valence-corrected chi connectivity index (χ2v) is 6.33. The van der Waals surface area contributed by atoms with Crippen molar-refractivity contribution in [2.24, 2.45) is 5.92 Å². The molecular weight excluding hydrogens is 248 g/mol. The quantitative estimate of drug-likeness (QED) is 0.837. The minimum absolute atomic E-state index is 0.140. The molecule has 3 rings (SSSR count). The van der Waals surface area contributed by atoms with Crippen molar-refractivity contribution in [3.63, 3.8) is 0 Å². The summed E-state index contributed by atoms with van der Waals surface area (Å²) in [5.74, 6) is 0.764. The van der Waals surface area contributed by atoms with E-state index >= 15 is 0 Å². The summed E-state index contributed by atoms with van der Waals surface area (Å²) >= 11 is 0. The molecule has 1 fully saturated rings. The molecule has 1 aliphatic carbocycles. The van der Waals surface area contributed by atoms with Crippen molar-refractivity contribution in [3.05, 3.63) is 35.4 Å². The van der Waals surface area contributed by atoms with Crippen molar-refractivity contribution in [3.8, 4) is 0 Å². The van der Waals surface area contributed by atoms with Crippen LogP contribution in [-0.4, -0.2) is 30.1 Å². The lowest BCUT2D eigenvalue weighted by atomic mass is 9.88. The monoisotopic (exact) mass is 272 g/mol. The Morgan fingerprint density at radius 3 is 2.60 bits per heavy atom. The molecule has 2 amide bonds. The number of benzene rings is 1. The van der Waals surface area contributed by atoms with Gasteiger partial charge in [-0.25, -0.2) is 4.79 Å². The number of hydrogen-bond acceptors (Lipinski definition) is 1. The van der Waals surface area contributed by atoms with Crippen LogP contribution in [0, 0.1) is 5.92 Å². The molecule has 0 aromatic heterocycles. The van der Waals surface area contributed by atoms with Crippen LogP contribution in [0.3, 0.4) is 0 Å². The van der Waals surface area contributed by atoms with Crippen LogP contribution < -0.4 is 5.32 Å². The molecule has 20 heavy (non-hydrogen) atoms. The maximum atomic E-state index is 12.3. The Balaban J connectivity index is 1.55. The van der Waals surface area contributed by atoms with Crippen LogP contribution in [0.2, 0.25) is 0 Å². The third-order valence-electron chi connectivity index (χ3n) is 4.75. The van der Waals surface area contributed by atoms with Crippen LogP contribution in [-0.2, 0) is 12.8 Å². The summed E-state index contributed by atoms with van der Waals surface area (Å²) in [4.78, 5) is 14.3. The van der Waals surface area contributed by atoms with Gasteiger partial charge in [0, 0.05) is 19.1 Å². The van der Waals surface area contributed by atoms with Crippen LogP contribution in [0.4, 0.5) is 4.79 Å². The Kier molecular flexibility index (Phi) is 3.95. The molecule has 1 aliphatic heterocycles. The molecule has 1 N–H and O–H groups in total. The second kappa shape index (κ2) is 5.86. The van der Waals surface area contributed by atoms with Crippen LogP contribution in [0.1, 0.15) is 37.3 Å². The highest BCUT2D eigenvalue weighted by Crippen LogP contribution is 2.22. The van der Waals surface area contributed by atoms with E-state index in [9.17, 15) is 4.79 Å². The maximum absolute atomic E-state index is 12.3. The fourth-order valence-electron chi connectivity index (χ4n) is 3.30. The van der Waals surface area contributed by atoms with Crippen molar-refractivity contribution in [1.82, 2.24) is 10.2 Å². The number of urea groups is 1. The summed E-state index contributed by atoms with van der Waals surface area (Å²) in [6.45, 7) is 4.10. The zero-order chi connectivity index (χ0) is 13.9. The summed E-state index contributed by atoms with van der Waals surface area (Å²) in [5, 5.41) is 3.23. The average molecular weight is 272 g/mol. The molecule has 1 aromatic carbocycles. The van der Waals surface area contributed by atoms with Crippen LogP contribution >= 0.6 is 0 Å². The summed E-state index contributed by atoms with van der Waals surface area (Å²) in [5.41, 5.74) is 2.85. The minimum Gasteiger partial charge on any atom is -0.335 e. The second-order valence-electron chi connectivity index (χ2n) is 6.33. The summed E-state index contributed by atoms with van der Waals surface area (Å²) in [6, 6.07) is 9.04. The van der Waals surface area contributed by atoms with E-state index in [-0.39, 0.29) is 6.03 Å². The topological polar surface area (TPSA) is 32.3 Å². The number of aryl methyl sites for hydroxylation is 1. The van der Waals surface area contributed by atoms with Crippen molar-refractivity contribution in [1.29, 1.82) is 0 Å². The first kappa shape index (κ1) is 13.5. The van der Waals surface area contributed by atoms with Crippen LogP contribution in [0.5, 0.6) is 0 Å². The molecule has 1 heterocycles. The fraction of sp³-hybridized carbons (Fsp3) is 0.588. The predicted molar refractivity (Wildman–Crippen MR) is 80.8 cm³/mol. The van der Waals surface area contributed by atoms with E-state index in [1.807, 2.05) is 4.90 Å². The number of likely N-dealkylation sites (tertiary alicyclic amines) is 1. The van der Waals surface area contributed by atoms with Gasteiger partial charge >= 0.3 is 6.03 Å². The van der Waals surface area contributed by atoms with Gasteiger partial charge in [0.1, 0.15) is 0 Å². The smallest absolute Gasteiger partial charge is 0.317 e. The van der Waals surface area contributed by atoms with E-state index in [0.717, 1.165) is 51.1 Å². The molecule has 0 radical (unpaired) electrons. The van der Waals surface area contributed by atoms with Gasteiger partial charge in [-0.1, -0.05) is 31.2 Å². The van der Waals surface area contributed by atoms with E-state index in [4.69, 9.17) is 0 Å². The molecule has 3 heteroatoms. The maximum Gasteiger partial charge on any atom is 0.317 e. The number of nitrogens with zero attached hydrogens (tertiary/aromatic N) is 1. The lowest BCUT2D eigenvalue weighted by molar-refractivity contribution is 0.169. The zero-order valence-corrected chi connectivity index (χ0v) is 12.3. The molecule has 1 saturated heterocycles.